The number of benzene rings is 1. The summed E-state index contributed by atoms with van der Waals surface area (Å²) in [6.45, 7) is 4.15. The van der Waals surface area contributed by atoms with E-state index in [2.05, 4.69) is 36.2 Å². The maximum absolute atomic E-state index is 11.0. The van der Waals surface area contributed by atoms with Crippen molar-refractivity contribution in [2.45, 2.75) is 57.5 Å². The topological polar surface area (TPSA) is 33.1 Å². The van der Waals surface area contributed by atoms with Gasteiger partial charge >= 0.3 is 0 Å². The first-order chi connectivity index (χ1) is 10.1. The Hall–Kier alpha value is -1.19. The fourth-order valence-electron chi connectivity index (χ4n) is 3.58. The number of aromatic nitrogens is 1. The normalized spacial score (nSPS) is 18.8. The molecular formula is C18H23NOS. The van der Waals surface area contributed by atoms with Gasteiger partial charge in [0.2, 0.25) is 0 Å². The van der Waals surface area contributed by atoms with Gasteiger partial charge in [0.05, 0.1) is 16.8 Å². The van der Waals surface area contributed by atoms with Gasteiger partial charge in [-0.1, -0.05) is 43.2 Å². The van der Waals surface area contributed by atoms with Crippen LogP contribution in [0.2, 0.25) is 0 Å². The van der Waals surface area contributed by atoms with E-state index < -0.39 is 0 Å². The summed E-state index contributed by atoms with van der Waals surface area (Å²) in [6.07, 6.45) is 4.92. The molecule has 1 aromatic carbocycles. The minimum absolute atomic E-state index is 0.0747. The highest BCUT2D eigenvalue weighted by molar-refractivity contribution is 7.11. The third kappa shape index (κ3) is 2.77. The Morgan fingerprint density at radius 2 is 1.86 bits per heavy atom. The highest BCUT2D eigenvalue weighted by atomic mass is 32.1. The third-order valence-electron chi connectivity index (χ3n) is 4.92. The molecule has 0 radical (unpaired) electrons. The first kappa shape index (κ1) is 14.7. The summed E-state index contributed by atoms with van der Waals surface area (Å²) in [5.41, 5.74) is 2.32. The highest BCUT2D eigenvalue weighted by Gasteiger charge is 2.42. The molecule has 2 nitrogen and oxygen atoms in total. The van der Waals surface area contributed by atoms with Crippen LogP contribution in [0.5, 0.6) is 0 Å². The zero-order chi connectivity index (χ0) is 14.9. The van der Waals surface area contributed by atoms with Gasteiger partial charge in [-0.2, -0.15) is 0 Å². The molecule has 1 aliphatic rings. The summed E-state index contributed by atoms with van der Waals surface area (Å²) in [6, 6.07) is 10.6. The van der Waals surface area contributed by atoms with Gasteiger partial charge in [-0.25, -0.2) is 4.98 Å². The summed E-state index contributed by atoms with van der Waals surface area (Å²) in [5, 5.41) is 12.0. The average Bonchev–Trinajstić information content (AvgIpc) is 3.09. The summed E-state index contributed by atoms with van der Waals surface area (Å²) in [7, 11) is 0. The minimum Gasteiger partial charge on any atom is -0.392 e. The Kier molecular flexibility index (Phi) is 4.14. The first-order valence-corrected chi connectivity index (χ1v) is 8.60. The quantitative estimate of drug-likeness (QED) is 0.919. The number of aliphatic hydroxyl groups excluding tert-OH is 1. The van der Waals surface area contributed by atoms with Crippen LogP contribution in [-0.4, -0.2) is 16.2 Å². The molecule has 1 unspecified atom stereocenters. The summed E-state index contributed by atoms with van der Waals surface area (Å²) in [4.78, 5) is 5.87. The number of nitrogens with zero attached hydrogens (tertiary/aromatic N) is 1. The molecule has 1 atom stereocenters. The number of rotatable bonds is 4. The van der Waals surface area contributed by atoms with Crippen molar-refractivity contribution in [3.05, 3.63) is 51.5 Å². The second-order valence-electron chi connectivity index (χ2n) is 6.20. The molecule has 0 aliphatic heterocycles. The van der Waals surface area contributed by atoms with Gasteiger partial charge in [0.15, 0.2) is 0 Å². The van der Waals surface area contributed by atoms with Crippen LogP contribution >= 0.6 is 11.3 Å². The fraction of sp³-hybridized carbons (Fsp3) is 0.500. The first-order valence-electron chi connectivity index (χ1n) is 7.78. The molecule has 1 fully saturated rings. The van der Waals surface area contributed by atoms with E-state index >= 15 is 0 Å². The molecule has 2 aromatic rings. The predicted molar refractivity (Wildman–Crippen MR) is 87.9 cm³/mol. The smallest absolute Gasteiger partial charge is 0.0956 e. The number of thiazole rings is 1. The highest BCUT2D eigenvalue weighted by Crippen LogP contribution is 2.44. The molecule has 1 heterocycles. The van der Waals surface area contributed by atoms with Crippen molar-refractivity contribution in [1.29, 1.82) is 0 Å². The molecule has 1 N–H and O–H groups in total. The molecule has 112 valence electrons. The molecule has 1 aromatic heterocycles. The van der Waals surface area contributed by atoms with Crippen molar-refractivity contribution in [1.82, 2.24) is 4.98 Å². The molecule has 3 rings (SSSR count). The van der Waals surface area contributed by atoms with Gasteiger partial charge in [0.25, 0.3) is 0 Å². The van der Waals surface area contributed by atoms with Crippen LogP contribution in [0.4, 0.5) is 0 Å². The lowest BCUT2D eigenvalue weighted by atomic mass is 9.73. The Bertz CT molecular complexity index is 579. The van der Waals surface area contributed by atoms with E-state index in [9.17, 15) is 5.11 Å². The van der Waals surface area contributed by atoms with E-state index in [1.165, 1.54) is 23.3 Å². The van der Waals surface area contributed by atoms with E-state index in [0.29, 0.717) is 6.42 Å². The number of aryl methyl sites for hydroxylation is 2. The summed E-state index contributed by atoms with van der Waals surface area (Å²) < 4.78 is 0. The average molecular weight is 301 g/mol. The maximum atomic E-state index is 11.0. The van der Waals surface area contributed by atoms with E-state index in [1.807, 2.05) is 13.0 Å². The van der Waals surface area contributed by atoms with Gasteiger partial charge < -0.3 is 5.11 Å². The molecule has 0 saturated heterocycles. The molecule has 1 aliphatic carbocycles. The van der Waals surface area contributed by atoms with Crippen molar-refractivity contribution in [3.8, 4) is 0 Å². The lowest BCUT2D eigenvalue weighted by molar-refractivity contribution is 0.0825. The van der Waals surface area contributed by atoms with Gasteiger partial charge in [0.1, 0.15) is 0 Å². The Balaban J connectivity index is 1.87. The fourth-order valence-corrected chi connectivity index (χ4v) is 4.55. The van der Waals surface area contributed by atoms with Crippen molar-refractivity contribution >= 4 is 11.3 Å². The lowest BCUT2D eigenvalue weighted by Gasteiger charge is -2.34. The SMILES string of the molecule is Cc1nc(CC(O)C2(c3ccccc3)CCCC2)sc1C. The van der Waals surface area contributed by atoms with E-state index in [4.69, 9.17) is 0 Å². The molecule has 0 amide bonds. The summed E-state index contributed by atoms with van der Waals surface area (Å²) >= 11 is 1.72. The van der Waals surface area contributed by atoms with Crippen molar-refractivity contribution < 1.29 is 5.11 Å². The maximum Gasteiger partial charge on any atom is 0.0956 e. The zero-order valence-corrected chi connectivity index (χ0v) is 13.6. The van der Waals surface area contributed by atoms with Gasteiger partial charge in [0, 0.05) is 16.7 Å². The van der Waals surface area contributed by atoms with Gasteiger partial charge in [-0.05, 0) is 32.3 Å². The van der Waals surface area contributed by atoms with Crippen molar-refractivity contribution in [3.63, 3.8) is 0 Å². The van der Waals surface area contributed by atoms with Crippen LogP contribution in [0.25, 0.3) is 0 Å². The lowest BCUT2D eigenvalue weighted by Crippen LogP contribution is -2.38. The van der Waals surface area contributed by atoms with E-state index in [-0.39, 0.29) is 11.5 Å². The Morgan fingerprint density at radius 3 is 2.43 bits per heavy atom. The van der Waals surface area contributed by atoms with E-state index in [0.717, 1.165) is 23.5 Å². The van der Waals surface area contributed by atoms with Crippen LogP contribution in [0.3, 0.4) is 0 Å². The largest absolute Gasteiger partial charge is 0.392 e. The molecule has 0 spiro atoms. The zero-order valence-electron chi connectivity index (χ0n) is 12.8. The monoisotopic (exact) mass is 301 g/mol. The second kappa shape index (κ2) is 5.90. The molecule has 3 heteroatoms. The van der Waals surface area contributed by atoms with Gasteiger partial charge in [-0.15, -0.1) is 11.3 Å². The Labute approximate surface area is 130 Å². The van der Waals surface area contributed by atoms with Crippen molar-refractivity contribution in [2.24, 2.45) is 0 Å². The van der Waals surface area contributed by atoms with Crippen LogP contribution in [0.15, 0.2) is 30.3 Å². The van der Waals surface area contributed by atoms with Crippen LogP contribution < -0.4 is 0 Å². The predicted octanol–water partition coefficient (Wildman–Crippen LogP) is 4.18. The van der Waals surface area contributed by atoms with Crippen LogP contribution in [-0.2, 0) is 11.8 Å². The minimum atomic E-state index is -0.340. The molecule has 1 saturated carbocycles. The second-order valence-corrected chi connectivity index (χ2v) is 7.49. The standard InChI is InChI=1S/C18H23NOS/c1-13-14(2)21-17(19-13)12-16(20)18(10-6-7-11-18)15-8-4-3-5-9-15/h3-5,8-9,16,20H,6-7,10-12H2,1-2H3. The number of hydrogen-bond acceptors (Lipinski definition) is 3. The number of hydrogen-bond donors (Lipinski definition) is 1. The van der Waals surface area contributed by atoms with E-state index in [1.54, 1.807) is 11.3 Å². The van der Waals surface area contributed by atoms with Crippen LogP contribution in [0, 0.1) is 13.8 Å². The molecule has 21 heavy (non-hydrogen) atoms. The third-order valence-corrected chi connectivity index (χ3v) is 6.02. The van der Waals surface area contributed by atoms with Gasteiger partial charge in [-0.3, -0.25) is 0 Å². The Morgan fingerprint density at radius 1 is 1.19 bits per heavy atom. The van der Waals surface area contributed by atoms with Crippen LogP contribution in [0.1, 0.15) is 46.8 Å². The molecule has 0 bridgehead atoms. The number of aliphatic hydroxyl groups is 1. The summed E-state index contributed by atoms with van der Waals surface area (Å²) in [5.74, 6) is 0. The van der Waals surface area contributed by atoms with Crippen molar-refractivity contribution in [2.75, 3.05) is 0 Å². The molecular weight excluding hydrogens is 278 g/mol.